The molecule has 0 saturated carbocycles. The largest absolute Gasteiger partial charge is 0.456 e. The van der Waals surface area contributed by atoms with Crippen LogP contribution in [0.2, 0.25) is 0 Å². The van der Waals surface area contributed by atoms with Gasteiger partial charge in [0.15, 0.2) is 0 Å². The summed E-state index contributed by atoms with van der Waals surface area (Å²) in [5, 5.41) is 17.0. The molecule has 402 valence electrons. The highest BCUT2D eigenvalue weighted by molar-refractivity contribution is 6.31. The molecule has 2 aromatic heterocycles. The molecule has 0 N–H and O–H groups in total. The average molecular weight is 1080 g/mol. The summed E-state index contributed by atoms with van der Waals surface area (Å²) < 4.78 is 12.9. The van der Waals surface area contributed by atoms with Gasteiger partial charge in [0.25, 0.3) is 0 Å². The standard InChI is InChI=1S/C81H61NO2/c1-47-37-61(38-48(2)51(47)5)64(59-28-35-78-73(44-59)66-19-11-13-21-76(66)83-78)30-27-60-43-71(57-25-23-53-15-7-9-17-55(53)41-57)68-33-34-70-75(46-72(69-32-31-65(60)80(68)81(69)70)58-26-24-54-16-8-10-18-56(54)42-58)82(63-39-49(3)52(6)50(4)40-63)62-29-36-79-74(45-62)67-20-12-14-22-77(67)84-79/h7-26,28-29,31-46,64H,27,30H2,1-6H3. The highest BCUT2D eigenvalue weighted by Crippen LogP contribution is 2.51. The Morgan fingerprint density at radius 1 is 0.333 bits per heavy atom. The van der Waals surface area contributed by atoms with Crippen molar-refractivity contribution in [2.24, 2.45) is 0 Å². The predicted octanol–water partition coefficient (Wildman–Crippen LogP) is 23.1. The first-order chi connectivity index (χ1) is 41.1. The van der Waals surface area contributed by atoms with Crippen LogP contribution in [0.25, 0.3) is 120 Å². The number of para-hydroxylation sites is 2. The van der Waals surface area contributed by atoms with Gasteiger partial charge in [-0.2, -0.15) is 0 Å². The number of aryl methyl sites for hydroxylation is 5. The second kappa shape index (κ2) is 19.3. The number of furan rings is 2. The highest BCUT2D eigenvalue weighted by atomic mass is 16.3. The van der Waals surface area contributed by atoms with Gasteiger partial charge in [0.05, 0.1) is 5.69 Å². The van der Waals surface area contributed by atoms with Crippen molar-refractivity contribution in [1.29, 1.82) is 0 Å². The number of rotatable bonds is 10. The number of benzene rings is 14. The Bertz CT molecular complexity index is 5310. The van der Waals surface area contributed by atoms with E-state index >= 15 is 0 Å². The summed E-state index contributed by atoms with van der Waals surface area (Å²) in [7, 11) is 0. The monoisotopic (exact) mass is 1080 g/mol. The Morgan fingerprint density at radius 2 is 0.821 bits per heavy atom. The molecule has 0 spiro atoms. The van der Waals surface area contributed by atoms with E-state index < -0.39 is 0 Å². The van der Waals surface area contributed by atoms with Gasteiger partial charge in [-0.1, -0.05) is 152 Å². The van der Waals surface area contributed by atoms with E-state index in [4.69, 9.17) is 8.83 Å². The van der Waals surface area contributed by atoms with Gasteiger partial charge in [-0.15, -0.1) is 0 Å². The lowest BCUT2D eigenvalue weighted by molar-refractivity contribution is 0.667. The maximum atomic E-state index is 6.50. The highest BCUT2D eigenvalue weighted by Gasteiger charge is 2.27. The third kappa shape index (κ3) is 8.01. The van der Waals surface area contributed by atoms with Crippen LogP contribution < -0.4 is 4.90 Å². The van der Waals surface area contributed by atoms with Crippen molar-refractivity contribution in [3.05, 3.63) is 281 Å². The number of hydrogen-bond acceptors (Lipinski definition) is 3. The second-order valence-electron chi connectivity index (χ2n) is 23.8. The van der Waals surface area contributed by atoms with Crippen molar-refractivity contribution in [2.45, 2.75) is 60.3 Å². The number of nitrogens with zero attached hydrogens (tertiary/aromatic N) is 1. The van der Waals surface area contributed by atoms with Gasteiger partial charge in [0.2, 0.25) is 0 Å². The summed E-state index contributed by atoms with van der Waals surface area (Å²) in [5.74, 6) is 0.120. The fraction of sp³-hybridized carbons (Fsp3) is 0.111. The zero-order valence-electron chi connectivity index (χ0n) is 48.2. The van der Waals surface area contributed by atoms with E-state index in [0.717, 1.165) is 73.8 Å². The minimum Gasteiger partial charge on any atom is -0.456 e. The molecule has 0 saturated heterocycles. The Labute approximate surface area is 489 Å². The molecule has 0 amide bonds. The Hall–Kier alpha value is -9.96. The molecule has 0 fully saturated rings. The quantitative estimate of drug-likeness (QED) is 0.128. The molecular weight excluding hydrogens is 1020 g/mol. The lowest BCUT2D eigenvalue weighted by atomic mass is 9.81. The van der Waals surface area contributed by atoms with Crippen LogP contribution in [0.5, 0.6) is 0 Å². The topological polar surface area (TPSA) is 29.5 Å². The Balaban J connectivity index is 0.980. The molecule has 0 bridgehead atoms. The average Bonchev–Trinajstić information content (AvgIpc) is 1.07. The van der Waals surface area contributed by atoms with Crippen LogP contribution in [0, 0.1) is 41.5 Å². The minimum absolute atomic E-state index is 0.120. The third-order valence-electron chi connectivity index (χ3n) is 19.0. The summed E-state index contributed by atoms with van der Waals surface area (Å²) >= 11 is 0. The maximum absolute atomic E-state index is 6.50. The van der Waals surface area contributed by atoms with Crippen molar-refractivity contribution in [2.75, 3.05) is 4.90 Å². The van der Waals surface area contributed by atoms with Gasteiger partial charge < -0.3 is 13.7 Å². The van der Waals surface area contributed by atoms with Crippen molar-refractivity contribution in [1.82, 2.24) is 0 Å². The van der Waals surface area contributed by atoms with Gasteiger partial charge in [0.1, 0.15) is 22.3 Å². The van der Waals surface area contributed by atoms with Crippen molar-refractivity contribution in [3.8, 4) is 22.3 Å². The number of anilines is 3. The van der Waals surface area contributed by atoms with Crippen molar-refractivity contribution < 1.29 is 8.83 Å². The van der Waals surface area contributed by atoms with E-state index in [1.54, 1.807) is 0 Å². The molecule has 1 atom stereocenters. The Morgan fingerprint density at radius 3 is 1.44 bits per heavy atom. The van der Waals surface area contributed by atoms with Crippen LogP contribution in [0.4, 0.5) is 17.1 Å². The molecule has 0 aliphatic carbocycles. The molecule has 3 nitrogen and oxygen atoms in total. The van der Waals surface area contributed by atoms with Crippen molar-refractivity contribution >= 4 is 115 Å². The molecule has 16 aromatic rings. The second-order valence-corrected chi connectivity index (χ2v) is 23.8. The molecule has 84 heavy (non-hydrogen) atoms. The van der Waals surface area contributed by atoms with E-state index in [2.05, 4.69) is 277 Å². The van der Waals surface area contributed by atoms with Crippen LogP contribution in [-0.2, 0) is 6.42 Å². The summed E-state index contributed by atoms with van der Waals surface area (Å²) in [4.78, 5) is 2.53. The fourth-order valence-electron chi connectivity index (χ4n) is 14.1. The summed E-state index contributed by atoms with van der Waals surface area (Å²) in [5.41, 5.74) is 23.6. The summed E-state index contributed by atoms with van der Waals surface area (Å²) in [6.45, 7) is 13.5. The first-order valence-corrected chi connectivity index (χ1v) is 29.6. The molecule has 0 aliphatic heterocycles. The van der Waals surface area contributed by atoms with Crippen LogP contribution in [0.1, 0.15) is 62.4 Å². The van der Waals surface area contributed by atoms with E-state index in [9.17, 15) is 0 Å². The molecule has 16 rings (SSSR count). The predicted molar refractivity (Wildman–Crippen MR) is 357 cm³/mol. The molecule has 1 unspecified atom stereocenters. The maximum Gasteiger partial charge on any atom is 0.135 e. The molecular formula is C81H61NO2. The summed E-state index contributed by atoms with van der Waals surface area (Å²) in [6.07, 6.45) is 1.76. The summed E-state index contributed by atoms with van der Waals surface area (Å²) in [6, 6.07) is 86.5. The van der Waals surface area contributed by atoms with Gasteiger partial charge in [0, 0.05) is 49.6 Å². The molecule has 14 aromatic carbocycles. The third-order valence-corrected chi connectivity index (χ3v) is 19.0. The molecule has 0 aliphatic rings. The lowest BCUT2D eigenvalue weighted by Crippen LogP contribution is -2.12. The van der Waals surface area contributed by atoms with Crippen LogP contribution in [0.15, 0.2) is 239 Å². The van der Waals surface area contributed by atoms with Crippen LogP contribution >= 0.6 is 0 Å². The minimum atomic E-state index is 0.120. The van der Waals surface area contributed by atoms with E-state index in [1.165, 1.54) is 126 Å². The van der Waals surface area contributed by atoms with E-state index in [-0.39, 0.29) is 5.92 Å². The van der Waals surface area contributed by atoms with Gasteiger partial charge in [-0.05, 0) is 249 Å². The van der Waals surface area contributed by atoms with Gasteiger partial charge in [-0.25, -0.2) is 0 Å². The van der Waals surface area contributed by atoms with Crippen LogP contribution in [-0.4, -0.2) is 0 Å². The lowest BCUT2D eigenvalue weighted by Gasteiger charge is -2.30. The molecule has 2 heterocycles. The van der Waals surface area contributed by atoms with E-state index in [0.29, 0.717) is 0 Å². The molecule has 0 radical (unpaired) electrons. The van der Waals surface area contributed by atoms with Gasteiger partial charge in [-0.3, -0.25) is 0 Å². The number of fused-ring (bicyclic) bond motifs is 8. The van der Waals surface area contributed by atoms with Gasteiger partial charge >= 0.3 is 0 Å². The van der Waals surface area contributed by atoms with Crippen LogP contribution in [0.3, 0.4) is 0 Å². The Kier molecular flexibility index (Phi) is 11.5. The first-order valence-electron chi connectivity index (χ1n) is 29.6. The molecule has 3 heteroatoms. The normalized spacial score (nSPS) is 12.5. The smallest absolute Gasteiger partial charge is 0.135 e. The zero-order valence-corrected chi connectivity index (χ0v) is 48.2. The first kappa shape index (κ1) is 49.8. The van der Waals surface area contributed by atoms with Crippen molar-refractivity contribution in [3.63, 3.8) is 0 Å². The van der Waals surface area contributed by atoms with E-state index in [1.807, 2.05) is 0 Å². The fourth-order valence-corrected chi connectivity index (χ4v) is 14.1. The SMILES string of the molecule is Cc1cc(C(CCc2cc(-c3ccc4ccccc4c3)c3ccc4c(N(c5cc(C)c(C)c(C)c5)c5ccc6oc7ccccc7c6c5)cc(-c5ccc6ccccc6c5)c5ccc2c3c54)c2ccc3oc4ccccc4c3c2)cc(C)c1C. The zero-order chi connectivity index (χ0) is 56.5. The number of hydrogen-bond donors (Lipinski definition) is 0.